The first-order valence-corrected chi connectivity index (χ1v) is 20.0. The van der Waals surface area contributed by atoms with Gasteiger partial charge in [-0.3, -0.25) is 0 Å². The van der Waals surface area contributed by atoms with Gasteiger partial charge in [-0.25, -0.2) is 0 Å². The van der Waals surface area contributed by atoms with Crippen molar-refractivity contribution in [3.05, 3.63) is 138 Å². The van der Waals surface area contributed by atoms with Gasteiger partial charge in [-0.1, -0.05) is 141 Å². The minimum atomic E-state index is -1.61. The SMILES string of the molecule is C[Si](C)(C)N/C(=C\C(N[Si](C)(C)C)=C1\C=CC(c2ccccc2)=C[CH-]1)c1ccc(-c2ccccc2)cc1. The molecule has 0 atom stereocenters. The van der Waals surface area contributed by atoms with Crippen LogP contribution in [0, 0.1) is 6.42 Å². The van der Waals surface area contributed by atoms with Gasteiger partial charge in [0.05, 0.1) is 0 Å². The van der Waals surface area contributed by atoms with Gasteiger partial charge in [0.1, 0.15) is 16.5 Å². The largest absolute Gasteiger partial charge is 0.450 e. The molecule has 0 amide bonds. The van der Waals surface area contributed by atoms with Gasteiger partial charge < -0.3 is 9.96 Å². The first kappa shape index (κ1) is 26.6. The average molecular weight is 520 g/mol. The van der Waals surface area contributed by atoms with E-state index < -0.39 is 16.5 Å². The Balaban J connectivity index is 1.72. The van der Waals surface area contributed by atoms with Crippen molar-refractivity contribution in [1.82, 2.24) is 9.96 Å². The number of hydrogen-bond donors (Lipinski definition) is 2. The van der Waals surface area contributed by atoms with Crippen LogP contribution in [0.15, 0.2) is 121 Å². The number of rotatable bonds is 8. The zero-order chi connectivity index (χ0) is 26.5. The Kier molecular flexibility index (Phi) is 8.11. The van der Waals surface area contributed by atoms with E-state index in [1.165, 1.54) is 44.8 Å². The fourth-order valence-corrected chi connectivity index (χ4v) is 6.33. The highest BCUT2D eigenvalue weighted by Gasteiger charge is 2.18. The van der Waals surface area contributed by atoms with Gasteiger partial charge in [0.15, 0.2) is 0 Å². The van der Waals surface area contributed by atoms with Gasteiger partial charge >= 0.3 is 0 Å². The summed E-state index contributed by atoms with van der Waals surface area (Å²) < 4.78 is 0. The molecule has 0 bridgehead atoms. The van der Waals surface area contributed by atoms with Crippen LogP contribution in [0.25, 0.3) is 22.4 Å². The van der Waals surface area contributed by atoms with Gasteiger partial charge in [-0.15, -0.1) is 30.2 Å². The third kappa shape index (κ3) is 7.75. The summed E-state index contributed by atoms with van der Waals surface area (Å²) in [6.45, 7) is 14.1. The molecule has 0 aliphatic heterocycles. The minimum Gasteiger partial charge on any atom is -0.450 e. The topological polar surface area (TPSA) is 24.1 Å². The fraction of sp³-hybridized carbons (Fsp3) is 0.182. The molecule has 37 heavy (non-hydrogen) atoms. The van der Waals surface area contributed by atoms with E-state index in [1.54, 1.807) is 0 Å². The van der Waals surface area contributed by atoms with E-state index in [2.05, 4.69) is 165 Å². The third-order valence-electron chi connectivity index (χ3n) is 5.91. The lowest BCUT2D eigenvalue weighted by atomic mass is 9.95. The van der Waals surface area contributed by atoms with E-state index in [-0.39, 0.29) is 0 Å². The Morgan fingerprint density at radius 3 is 1.68 bits per heavy atom. The summed E-state index contributed by atoms with van der Waals surface area (Å²) in [7, 11) is -3.22. The molecular weight excluding hydrogens is 481 g/mol. The van der Waals surface area contributed by atoms with Gasteiger partial charge in [0.2, 0.25) is 0 Å². The van der Waals surface area contributed by atoms with E-state index in [0.717, 1.165) is 0 Å². The molecule has 2 N–H and O–H groups in total. The number of allylic oxidation sites excluding steroid dienone is 6. The molecule has 4 heteroatoms. The highest BCUT2D eigenvalue weighted by molar-refractivity contribution is 6.75. The maximum atomic E-state index is 3.91. The van der Waals surface area contributed by atoms with Crippen LogP contribution in [0.3, 0.4) is 0 Å². The Bertz CT molecular complexity index is 1320. The average Bonchev–Trinajstić information content (AvgIpc) is 2.88. The lowest BCUT2D eigenvalue weighted by molar-refractivity contribution is 1.13. The smallest absolute Gasteiger partial charge is 0.144 e. The molecule has 0 radical (unpaired) electrons. The van der Waals surface area contributed by atoms with Crippen molar-refractivity contribution >= 4 is 27.7 Å². The summed E-state index contributed by atoms with van der Waals surface area (Å²) in [5.74, 6) is 0. The van der Waals surface area contributed by atoms with Gasteiger partial charge in [0.25, 0.3) is 0 Å². The molecule has 0 saturated heterocycles. The number of benzene rings is 3. The van der Waals surface area contributed by atoms with E-state index in [9.17, 15) is 0 Å². The van der Waals surface area contributed by atoms with Crippen LogP contribution in [0.5, 0.6) is 0 Å². The summed E-state index contributed by atoms with van der Waals surface area (Å²) in [5, 5.41) is 0. The molecule has 2 nitrogen and oxygen atoms in total. The summed E-state index contributed by atoms with van der Waals surface area (Å²) in [6.07, 6.45) is 11.3. The highest BCUT2D eigenvalue weighted by atomic mass is 28.3. The van der Waals surface area contributed by atoms with E-state index in [1.807, 2.05) is 0 Å². The molecule has 0 unspecified atom stereocenters. The second-order valence-corrected chi connectivity index (χ2v) is 21.1. The third-order valence-corrected chi connectivity index (χ3v) is 7.95. The molecule has 3 aromatic carbocycles. The minimum absolute atomic E-state index is 1.17. The summed E-state index contributed by atoms with van der Waals surface area (Å²) in [6, 6.07) is 30.1. The van der Waals surface area contributed by atoms with Crippen LogP contribution in [-0.2, 0) is 0 Å². The monoisotopic (exact) mass is 519 g/mol. The molecule has 190 valence electrons. The summed E-state index contributed by atoms with van der Waals surface area (Å²) in [4.78, 5) is 7.82. The standard InChI is InChI=1S/C33H39N2Si2/c1-36(2,3)34-32(30-21-17-28(18-22-30)26-13-9-7-10-14-26)25-33(35-37(4,5)6)31-23-19-29(20-24-31)27-15-11-8-12-16-27/h7-25,34-35H,1-6H3/q-1/b32-25-. The van der Waals surface area contributed by atoms with Crippen molar-refractivity contribution in [2.24, 2.45) is 0 Å². The molecule has 0 aromatic heterocycles. The van der Waals surface area contributed by atoms with Crippen molar-refractivity contribution in [2.45, 2.75) is 39.3 Å². The second-order valence-electron chi connectivity index (χ2n) is 11.6. The van der Waals surface area contributed by atoms with Crippen molar-refractivity contribution in [3.63, 3.8) is 0 Å². The zero-order valence-corrected chi connectivity index (χ0v) is 25.0. The molecule has 0 fully saturated rings. The van der Waals surface area contributed by atoms with Gasteiger partial charge in [-0.05, 0) is 22.4 Å². The first-order valence-electron chi connectivity index (χ1n) is 13.0. The molecule has 0 heterocycles. The Morgan fingerprint density at radius 1 is 0.622 bits per heavy atom. The van der Waals surface area contributed by atoms with Crippen molar-refractivity contribution < 1.29 is 0 Å². The Morgan fingerprint density at radius 2 is 1.16 bits per heavy atom. The van der Waals surface area contributed by atoms with Crippen molar-refractivity contribution in [3.8, 4) is 11.1 Å². The lowest BCUT2D eigenvalue weighted by Gasteiger charge is -2.30. The van der Waals surface area contributed by atoms with Crippen LogP contribution < -0.4 is 9.96 Å². The highest BCUT2D eigenvalue weighted by Crippen LogP contribution is 2.28. The maximum absolute atomic E-state index is 3.91. The predicted octanol–water partition coefficient (Wildman–Crippen LogP) is 8.66. The Labute approximate surface area is 225 Å². The molecule has 1 aliphatic carbocycles. The van der Waals surface area contributed by atoms with E-state index in [4.69, 9.17) is 0 Å². The molecule has 0 spiro atoms. The van der Waals surface area contributed by atoms with Crippen molar-refractivity contribution in [2.75, 3.05) is 0 Å². The first-order chi connectivity index (χ1) is 17.6. The summed E-state index contributed by atoms with van der Waals surface area (Å²) >= 11 is 0. The maximum Gasteiger partial charge on any atom is 0.144 e. The van der Waals surface area contributed by atoms with Gasteiger partial charge in [-0.2, -0.15) is 0 Å². The van der Waals surface area contributed by atoms with Crippen LogP contribution in [0.4, 0.5) is 0 Å². The van der Waals surface area contributed by atoms with Crippen molar-refractivity contribution in [1.29, 1.82) is 0 Å². The molecule has 4 rings (SSSR count). The van der Waals surface area contributed by atoms with Crippen LogP contribution in [-0.4, -0.2) is 16.5 Å². The fourth-order valence-electron chi connectivity index (χ4n) is 4.28. The number of nitrogens with one attached hydrogen (secondary N) is 2. The number of hydrogen-bond acceptors (Lipinski definition) is 2. The van der Waals surface area contributed by atoms with Crippen LogP contribution >= 0.6 is 0 Å². The Hall–Kier alpha value is -3.48. The molecular formula is C33H39N2Si2-. The second kappa shape index (κ2) is 11.3. The van der Waals surface area contributed by atoms with Crippen LogP contribution in [0.2, 0.25) is 39.3 Å². The zero-order valence-electron chi connectivity index (χ0n) is 23.0. The molecule has 3 aromatic rings. The quantitative estimate of drug-likeness (QED) is 0.230. The predicted molar refractivity (Wildman–Crippen MR) is 168 cm³/mol. The lowest BCUT2D eigenvalue weighted by Crippen LogP contribution is -2.42. The molecule has 1 aliphatic rings. The normalized spacial score (nSPS) is 15.5. The van der Waals surface area contributed by atoms with E-state index in [0.29, 0.717) is 0 Å². The van der Waals surface area contributed by atoms with Gasteiger partial charge in [0, 0.05) is 5.70 Å². The van der Waals surface area contributed by atoms with E-state index >= 15 is 0 Å². The molecule has 0 saturated carbocycles. The van der Waals surface area contributed by atoms with Crippen LogP contribution in [0.1, 0.15) is 11.1 Å². The summed E-state index contributed by atoms with van der Waals surface area (Å²) in [5.41, 5.74) is 9.71.